The summed E-state index contributed by atoms with van der Waals surface area (Å²) in [5.74, 6) is 0. The number of hydrogen-bond acceptors (Lipinski definition) is 3. The lowest BCUT2D eigenvalue weighted by Crippen LogP contribution is -2.45. The molecule has 0 saturated carbocycles. The Morgan fingerprint density at radius 3 is 2.83 bits per heavy atom. The van der Waals surface area contributed by atoms with Gasteiger partial charge in [0.2, 0.25) is 0 Å². The molecule has 1 aliphatic heterocycles. The van der Waals surface area contributed by atoms with Crippen LogP contribution in [0.5, 0.6) is 0 Å². The van der Waals surface area contributed by atoms with Gasteiger partial charge in [0, 0.05) is 16.9 Å². The van der Waals surface area contributed by atoms with Crippen LogP contribution in [0, 0.1) is 0 Å². The summed E-state index contributed by atoms with van der Waals surface area (Å²) in [6, 6.07) is 7.94. The van der Waals surface area contributed by atoms with Crippen LogP contribution in [0.1, 0.15) is 5.56 Å². The lowest BCUT2D eigenvalue weighted by Gasteiger charge is -2.27. The van der Waals surface area contributed by atoms with Crippen LogP contribution in [-0.2, 0) is 0 Å². The average Bonchev–Trinajstić information content (AvgIpc) is 2.04. The van der Waals surface area contributed by atoms with Crippen LogP contribution in [-0.4, -0.2) is 6.29 Å². The molecule has 12 heavy (non-hydrogen) atoms. The molecule has 4 N–H and O–H groups in total. The van der Waals surface area contributed by atoms with Gasteiger partial charge in [0.1, 0.15) is 6.29 Å². The first kappa shape index (κ1) is 7.18. The van der Waals surface area contributed by atoms with Gasteiger partial charge in [-0.3, -0.25) is 5.73 Å². The van der Waals surface area contributed by atoms with Gasteiger partial charge in [0.25, 0.3) is 0 Å². The van der Waals surface area contributed by atoms with Crippen molar-refractivity contribution in [3.05, 3.63) is 36.4 Å². The van der Waals surface area contributed by atoms with Gasteiger partial charge in [-0.1, -0.05) is 24.8 Å². The number of rotatable bonds is 0. The van der Waals surface area contributed by atoms with Gasteiger partial charge >= 0.3 is 0 Å². The van der Waals surface area contributed by atoms with E-state index >= 15 is 0 Å². The highest BCUT2D eigenvalue weighted by Crippen LogP contribution is 2.24. The van der Waals surface area contributed by atoms with Gasteiger partial charge in [0.15, 0.2) is 0 Å². The fourth-order valence-corrected chi connectivity index (χ4v) is 1.34. The molecule has 1 atom stereocenters. The fourth-order valence-electron chi connectivity index (χ4n) is 1.34. The van der Waals surface area contributed by atoms with Crippen molar-refractivity contribution in [2.24, 2.45) is 5.73 Å². The largest absolute Gasteiger partial charge is 0.353 e. The number of nitrogens with two attached hydrogens (primary N) is 1. The molecule has 1 heterocycles. The Labute approximate surface area is 71.3 Å². The minimum atomic E-state index is -0.229. The SMILES string of the molecule is C=C1NC(N)Nc2ccccc21. The number of hydrogen-bond donors (Lipinski definition) is 3. The van der Waals surface area contributed by atoms with Crippen LogP contribution in [0.25, 0.3) is 5.70 Å². The molecule has 62 valence electrons. The normalized spacial score (nSPS) is 20.8. The second-order valence-electron chi connectivity index (χ2n) is 2.79. The monoisotopic (exact) mass is 161 g/mol. The molecule has 1 unspecified atom stereocenters. The van der Waals surface area contributed by atoms with Crippen molar-refractivity contribution in [3.63, 3.8) is 0 Å². The van der Waals surface area contributed by atoms with Crippen LogP contribution < -0.4 is 16.4 Å². The van der Waals surface area contributed by atoms with E-state index in [4.69, 9.17) is 5.73 Å². The minimum absolute atomic E-state index is 0.229. The number of fused-ring (bicyclic) bond motifs is 1. The predicted molar refractivity (Wildman–Crippen MR) is 50.2 cm³/mol. The Balaban J connectivity index is 2.47. The highest BCUT2D eigenvalue weighted by atomic mass is 15.2. The number of benzene rings is 1. The van der Waals surface area contributed by atoms with Gasteiger partial charge in [-0.2, -0.15) is 0 Å². The van der Waals surface area contributed by atoms with Crippen molar-refractivity contribution in [3.8, 4) is 0 Å². The molecule has 3 heteroatoms. The maximum atomic E-state index is 5.66. The van der Waals surface area contributed by atoms with E-state index in [2.05, 4.69) is 17.2 Å². The molecule has 0 radical (unpaired) electrons. The van der Waals surface area contributed by atoms with E-state index in [-0.39, 0.29) is 6.29 Å². The Morgan fingerprint density at radius 2 is 2.00 bits per heavy atom. The molecule has 1 aliphatic rings. The Kier molecular flexibility index (Phi) is 1.52. The van der Waals surface area contributed by atoms with Crippen LogP contribution in [0.2, 0.25) is 0 Å². The number of para-hydroxylation sites is 1. The summed E-state index contributed by atoms with van der Waals surface area (Å²) in [5, 5.41) is 6.10. The zero-order chi connectivity index (χ0) is 8.55. The van der Waals surface area contributed by atoms with E-state index in [9.17, 15) is 0 Å². The van der Waals surface area contributed by atoms with E-state index in [1.807, 2.05) is 24.3 Å². The van der Waals surface area contributed by atoms with Crippen molar-refractivity contribution in [1.82, 2.24) is 5.32 Å². The lowest BCUT2D eigenvalue weighted by molar-refractivity contribution is 0.687. The van der Waals surface area contributed by atoms with Crippen LogP contribution in [0.15, 0.2) is 30.8 Å². The first-order valence-electron chi connectivity index (χ1n) is 3.84. The van der Waals surface area contributed by atoms with E-state index < -0.39 is 0 Å². The van der Waals surface area contributed by atoms with Gasteiger partial charge in [0.05, 0.1) is 0 Å². The molecule has 0 bridgehead atoms. The second kappa shape index (κ2) is 2.53. The smallest absolute Gasteiger partial charge is 0.150 e. The molecule has 0 spiro atoms. The Morgan fingerprint density at radius 1 is 1.25 bits per heavy atom. The maximum Gasteiger partial charge on any atom is 0.150 e. The van der Waals surface area contributed by atoms with Crippen LogP contribution in [0.3, 0.4) is 0 Å². The first-order valence-corrected chi connectivity index (χ1v) is 3.84. The third-order valence-corrected chi connectivity index (χ3v) is 1.89. The number of anilines is 1. The third kappa shape index (κ3) is 1.04. The Hall–Kier alpha value is -1.48. The molecule has 0 aromatic heterocycles. The number of nitrogens with one attached hydrogen (secondary N) is 2. The predicted octanol–water partition coefficient (Wildman–Crippen LogP) is 0.915. The molecule has 0 saturated heterocycles. The topological polar surface area (TPSA) is 50.1 Å². The van der Waals surface area contributed by atoms with Gasteiger partial charge in [-0.25, -0.2) is 0 Å². The van der Waals surface area contributed by atoms with Gasteiger partial charge < -0.3 is 10.6 Å². The quantitative estimate of drug-likeness (QED) is 0.530. The van der Waals surface area contributed by atoms with Gasteiger partial charge in [-0.15, -0.1) is 0 Å². The van der Waals surface area contributed by atoms with Crippen molar-refractivity contribution >= 4 is 11.4 Å². The molecule has 3 nitrogen and oxygen atoms in total. The van der Waals surface area contributed by atoms with E-state index in [0.717, 1.165) is 16.9 Å². The summed E-state index contributed by atoms with van der Waals surface area (Å²) in [4.78, 5) is 0. The molecule has 2 rings (SSSR count). The van der Waals surface area contributed by atoms with Crippen LogP contribution >= 0.6 is 0 Å². The molecule has 1 aromatic carbocycles. The molecular formula is C9H11N3. The second-order valence-corrected chi connectivity index (χ2v) is 2.79. The molecule has 0 fully saturated rings. The van der Waals surface area contributed by atoms with E-state index in [1.54, 1.807) is 0 Å². The molecule has 0 aliphatic carbocycles. The van der Waals surface area contributed by atoms with E-state index in [0.29, 0.717) is 0 Å². The average molecular weight is 161 g/mol. The molecular weight excluding hydrogens is 150 g/mol. The first-order chi connectivity index (χ1) is 5.77. The van der Waals surface area contributed by atoms with Crippen LogP contribution in [0.4, 0.5) is 5.69 Å². The van der Waals surface area contributed by atoms with Crippen molar-refractivity contribution in [2.75, 3.05) is 5.32 Å². The lowest BCUT2D eigenvalue weighted by atomic mass is 10.1. The standard InChI is InChI=1S/C9H11N3/c1-6-7-4-2-3-5-8(7)12-9(10)11-6/h2-5,9,11-12H,1,10H2. The highest BCUT2D eigenvalue weighted by molar-refractivity contribution is 5.76. The maximum absolute atomic E-state index is 5.66. The molecule has 1 aromatic rings. The van der Waals surface area contributed by atoms with E-state index in [1.165, 1.54) is 0 Å². The summed E-state index contributed by atoms with van der Waals surface area (Å²) in [6.07, 6.45) is -0.229. The zero-order valence-corrected chi connectivity index (χ0v) is 6.67. The van der Waals surface area contributed by atoms with Crippen molar-refractivity contribution in [2.45, 2.75) is 6.29 Å². The third-order valence-electron chi connectivity index (χ3n) is 1.89. The summed E-state index contributed by atoms with van der Waals surface area (Å²) >= 11 is 0. The van der Waals surface area contributed by atoms with Gasteiger partial charge in [-0.05, 0) is 6.07 Å². The summed E-state index contributed by atoms with van der Waals surface area (Å²) in [5.41, 5.74) is 8.65. The Bertz CT molecular complexity index is 319. The summed E-state index contributed by atoms with van der Waals surface area (Å²) < 4.78 is 0. The minimum Gasteiger partial charge on any atom is -0.353 e. The molecule has 0 amide bonds. The fraction of sp³-hybridized carbons (Fsp3) is 0.111. The summed E-state index contributed by atoms with van der Waals surface area (Å²) in [6.45, 7) is 3.87. The highest BCUT2D eigenvalue weighted by Gasteiger charge is 2.14. The summed E-state index contributed by atoms with van der Waals surface area (Å²) in [7, 11) is 0. The van der Waals surface area contributed by atoms with Crippen molar-refractivity contribution in [1.29, 1.82) is 0 Å². The van der Waals surface area contributed by atoms with Crippen molar-refractivity contribution < 1.29 is 0 Å². The zero-order valence-electron chi connectivity index (χ0n) is 6.67.